The van der Waals surface area contributed by atoms with Gasteiger partial charge in [0.05, 0.1) is 11.0 Å². The van der Waals surface area contributed by atoms with Gasteiger partial charge in [0, 0.05) is 19.2 Å². The van der Waals surface area contributed by atoms with Crippen LogP contribution in [0.15, 0.2) is 18.2 Å². The van der Waals surface area contributed by atoms with E-state index in [4.69, 9.17) is 5.73 Å². The van der Waals surface area contributed by atoms with Gasteiger partial charge in [0.1, 0.15) is 5.82 Å². The van der Waals surface area contributed by atoms with Gasteiger partial charge in [0.15, 0.2) is 0 Å². The molecule has 0 aliphatic heterocycles. The highest BCUT2D eigenvalue weighted by Gasteiger charge is 2.20. The number of nitrogens with two attached hydrogens (primary N) is 1. The molecule has 0 atom stereocenters. The van der Waals surface area contributed by atoms with Gasteiger partial charge in [0.25, 0.3) is 5.69 Å². The van der Waals surface area contributed by atoms with E-state index < -0.39 is 10.7 Å². The molecule has 6 heteroatoms. The first-order valence-electron chi connectivity index (χ1n) is 6.63. The highest BCUT2D eigenvalue weighted by molar-refractivity contribution is 5.35. The largest absolute Gasteiger partial charge is 0.330 e. The summed E-state index contributed by atoms with van der Waals surface area (Å²) >= 11 is 0. The maximum atomic E-state index is 13.4. The molecule has 0 aliphatic rings. The average molecular weight is 283 g/mol. The van der Waals surface area contributed by atoms with Crippen molar-refractivity contribution in [3.8, 4) is 0 Å². The fraction of sp³-hybridized carbons (Fsp3) is 0.571. The Morgan fingerprint density at radius 2 is 2.05 bits per heavy atom. The van der Waals surface area contributed by atoms with Gasteiger partial charge in [-0.15, -0.1) is 0 Å². The molecule has 1 rings (SSSR count). The minimum absolute atomic E-state index is 0.0464. The number of hydrogen-bond acceptors (Lipinski definition) is 4. The summed E-state index contributed by atoms with van der Waals surface area (Å²) in [5.74, 6) is -0.580. The predicted molar refractivity (Wildman–Crippen MR) is 76.8 cm³/mol. The molecular formula is C14H22FN3O2. The van der Waals surface area contributed by atoms with Crippen molar-refractivity contribution in [3.63, 3.8) is 0 Å². The number of nitro groups is 1. The third-order valence-electron chi connectivity index (χ3n) is 3.21. The van der Waals surface area contributed by atoms with Crippen molar-refractivity contribution in [2.75, 3.05) is 19.6 Å². The van der Waals surface area contributed by atoms with Crippen LogP contribution in [-0.4, -0.2) is 29.5 Å². The lowest BCUT2D eigenvalue weighted by atomic mass is 9.93. The molecule has 20 heavy (non-hydrogen) atoms. The van der Waals surface area contributed by atoms with Crippen LogP contribution >= 0.6 is 0 Å². The Morgan fingerprint density at radius 3 is 2.55 bits per heavy atom. The first-order chi connectivity index (χ1) is 9.27. The quantitative estimate of drug-likeness (QED) is 0.616. The molecule has 0 saturated heterocycles. The third-order valence-corrected chi connectivity index (χ3v) is 3.21. The van der Waals surface area contributed by atoms with Crippen molar-refractivity contribution in [2.45, 2.75) is 27.3 Å². The van der Waals surface area contributed by atoms with Crippen molar-refractivity contribution in [2.24, 2.45) is 11.1 Å². The van der Waals surface area contributed by atoms with Gasteiger partial charge < -0.3 is 5.73 Å². The van der Waals surface area contributed by atoms with Gasteiger partial charge in [-0.05, 0) is 30.1 Å². The van der Waals surface area contributed by atoms with E-state index in [-0.39, 0.29) is 11.1 Å². The first-order valence-corrected chi connectivity index (χ1v) is 6.63. The lowest BCUT2D eigenvalue weighted by Crippen LogP contribution is -2.38. The summed E-state index contributed by atoms with van der Waals surface area (Å²) < 4.78 is 13.4. The summed E-state index contributed by atoms with van der Waals surface area (Å²) in [6.45, 7) is 8.66. The fourth-order valence-corrected chi connectivity index (χ4v) is 2.04. The van der Waals surface area contributed by atoms with E-state index in [0.29, 0.717) is 18.7 Å². The van der Waals surface area contributed by atoms with Gasteiger partial charge in [-0.1, -0.05) is 20.8 Å². The number of nitrogens with zero attached hydrogens (tertiary/aromatic N) is 2. The highest BCUT2D eigenvalue weighted by atomic mass is 19.1. The summed E-state index contributed by atoms with van der Waals surface area (Å²) in [7, 11) is 0. The highest BCUT2D eigenvalue weighted by Crippen LogP contribution is 2.20. The Morgan fingerprint density at radius 1 is 1.40 bits per heavy atom. The van der Waals surface area contributed by atoms with E-state index in [1.807, 2.05) is 6.92 Å². The molecule has 0 unspecified atom stereocenters. The molecule has 112 valence electrons. The molecule has 0 bridgehead atoms. The van der Waals surface area contributed by atoms with Crippen molar-refractivity contribution in [1.82, 2.24) is 4.90 Å². The maximum absolute atomic E-state index is 13.4. The van der Waals surface area contributed by atoms with Gasteiger partial charge in [-0.2, -0.15) is 0 Å². The Labute approximate surface area is 118 Å². The van der Waals surface area contributed by atoms with Crippen LogP contribution in [-0.2, 0) is 6.54 Å². The Kier molecular flexibility index (Phi) is 5.59. The molecule has 0 saturated carbocycles. The second-order valence-electron chi connectivity index (χ2n) is 5.75. The van der Waals surface area contributed by atoms with E-state index in [0.717, 1.165) is 19.2 Å². The Balaban J connectivity index is 2.87. The van der Waals surface area contributed by atoms with E-state index in [1.54, 1.807) is 0 Å². The topological polar surface area (TPSA) is 72.4 Å². The Hall–Kier alpha value is -1.53. The molecule has 0 heterocycles. The van der Waals surface area contributed by atoms with Crippen molar-refractivity contribution in [1.29, 1.82) is 0 Å². The summed E-state index contributed by atoms with van der Waals surface area (Å²) in [5.41, 5.74) is 6.06. The first kappa shape index (κ1) is 16.5. The number of nitro benzene ring substituents is 1. The summed E-state index contributed by atoms with van der Waals surface area (Å²) in [5, 5.41) is 10.7. The molecule has 0 spiro atoms. The second-order valence-corrected chi connectivity index (χ2v) is 5.75. The lowest BCUT2D eigenvalue weighted by molar-refractivity contribution is -0.385. The second kappa shape index (κ2) is 6.76. The molecule has 2 N–H and O–H groups in total. The van der Waals surface area contributed by atoms with Gasteiger partial charge in [-0.3, -0.25) is 15.0 Å². The monoisotopic (exact) mass is 283 g/mol. The summed E-state index contributed by atoms with van der Waals surface area (Å²) in [6, 6.07) is 3.69. The average Bonchev–Trinajstić information content (AvgIpc) is 2.37. The summed E-state index contributed by atoms with van der Waals surface area (Å²) in [4.78, 5) is 12.3. The summed E-state index contributed by atoms with van der Waals surface area (Å²) in [6.07, 6.45) is 0. The smallest absolute Gasteiger partial charge is 0.272 e. The van der Waals surface area contributed by atoms with E-state index in [2.05, 4.69) is 18.7 Å². The van der Waals surface area contributed by atoms with Crippen molar-refractivity contribution < 1.29 is 9.31 Å². The third kappa shape index (κ3) is 4.86. The molecule has 0 aliphatic carbocycles. The number of non-ortho nitro benzene ring substituents is 1. The lowest BCUT2D eigenvalue weighted by Gasteiger charge is -2.31. The maximum Gasteiger partial charge on any atom is 0.272 e. The SMILES string of the molecule is CCN(Cc1cc(F)cc([N+](=O)[O-])c1)CC(C)(C)CN. The molecule has 1 aromatic rings. The van der Waals surface area contributed by atoms with Crippen LogP contribution in [0.3, 0.4) is 0 Å². The van der Waals surface area contributed by atoms with Crippen LogP contribution in [0.25, 0.3) is 0 Å². The number of benzene rings is 1. The standard InChI is InChI=1S/C14H22FN3O2/c1-4-17(10-14(2,3)9-16)8-11-5-12(15)7-13(6-11)18(19)20/h5-7H,4,8-10,16H2,1-3H3. The minimum atomic E-state index is -0.580. The van der Waals surface area contributed by atoms with Gasteiger partial charge in [0.2, 0.25) is 0 Å². The van der Waals surface area contributed by atoms with Crippen molar-refractivity contribution >= 4 is 5.69 Å². The molecule has 1 aromatic carbocycles. The number of halogens is 1. The minimum Gasteiger partial charge on any atom is -0.330 e. The van der Waals surface area contributed by atoms with Crippen LogP contribution in [0, 0.1) is 21.3 Å². The number of hydrogen-bond donors (Lipinski definition) is 1. The molecule has 0 fully saturated rings. The molecular weight excluding hydrogens is 261 g/mol. The van der Waals surface area contributed by atoms with Gasteiger partial charge >= 0.3 is 0 Å². The van der Waals surface area contributed by atoms with Crippen LogP contribution in [0.5, 0.6) is 0 Å². The molecule has 0 amide bonds. The van der Waals surface area contributed by atoms with Crippen molar-refractivity contribution in [3.05, 3.63) is 39.7 Å². The van der Waals surface area contributed by atoms with E-state index in [9.17, 15) is 14.5 Å². The van der Waals surface area contributed by atoms with E-state index >= 15 is 0 Å². The molecule has 0 aromatic heterocycles. The normalized spacial score (nSPS) is 11.9. The van der Waals surface area contributed by atoms with E-state index in [1.165, 1.54) is 12.1 Å². The van der Waals surface area contributed by atoms with Crippen LogP contribution < -0.4 is 5.73 Å². The van der Waals surface area contributed by atoms with Crippen LogP contribution in [0.1, 0.15) is 26.3 Å². The molecule has 0 radical (unpaired) electrons. The molecule has 5 nitrogen and oxygen atoms in total. The van der Waals surface area contributed by atoms with Crippen LogP contribution in [0.2, 0.25) is 0 Å². The fourth-order valence-electron chi connectivity index (χ4n) is 2.04. The Bertz CT molecular complexity index is 477. The van der Waals surface area contributed by atoms with Crippen LogP contribution in [0.4, 0.5) is 10.1 Å². The zero-order valence-corrected chi connectivity index (χ0v) is 12.2. The zero-order valence-electron chi connectivity index (χ0n) is 12.2. The van der Waals surface area contributed by atoms with Gasteiger partial charge in [-0.25, -0.2) is 4.39 Å². The predicted octanol–water partition coefficient (Wildman–Crippen LogP) is 2.54. The zero-order chi connectivity index (χ0) is 15.3. The number of rotatable bonds is 7.